The van der Waals surface area contributed by atoms with Crippen LogP contribution in [0, 0.1) is 0 Å². The van der Waals surface area contributed by atoms with Crippen LogP contribution < -0.4 is 11.1 Å². The number of aromatic nitrogens is 1. The van der Waals surface area contributed by atoms with Crippen LogP contribution in [0.2, 0.25) is 0 Å². The standard InChI is InChI=1S/C18H19N3O2/c1-2-3-8-15(22)20-14-10-9-12-11-6-4-5-7-13(11)21-17(12)16(14)18(19)23/h4-7,9-10,21H,2-3,8H2,1H3,(H2,19,23)(H,20,22). The molecule has 5 nitrogen and oxygen atoms in total. The van der Waals surface area contributed by atoms with Gasteiger partial charge in [-0.25, -0.2) is 0 Å². The van der Waals surface area contributed by atoms with Crippen molar-refractivity contribution in [3.63, 3.8) is 0 Å². The second kappa shape index (κ2) is 6.12. The molecule has 0 aliphatic heterocycles. The first-order valence-corrected chi connectivity index (χ1v) is 7.75. The molecule has 0 radical (unpaired) electrons. The van der Waals surface area contributed by atoms with E-state index in [-0.39, 0.29) is 5.91 Å². The monoisotopic (exact) mass is 309 g/mol. The molecule has 0 bridgehead atoms. The Bertz CT molecular complexity index is 896. The molecule has 0 spiro atoms. The molecule has 23 heavy (non-hydrogen) atoms. The van der Waals surface area contributed by atoms with E-state index in [2.05, 4.69) is 10.3 Å². The number of carbonyl (C=O) groups is 2. The molecule has 0 aliphatic carbocycles. The van der Waals surface area contributed by atoms with Crippen LogP contribution in [0.3, 0.4) is 0 Å². The third-order valence-corrected chi connectivity index (χ3v) is 3.96. The molecular weight excluding hydrogens is 290 g/mol. The summed E-state index contributed by atoms with van der Waals surface area (Å²) in [4.78, 5) is 27.2. The van der Waals surface area contributed by atoms with Crippen LogP contribution in [0.4, 0.5) is 5.69 Å². The van der Waals surface area contributed by atoms with Crippen LogP contribution in [0.25, 0.3) is 21.8 Å². The molecule has 0 aliphatic rings. The number of benzene rings is 2. The second-order valence-corrected chi connectivity index (χ2v) is 5.60. The zero-order valence-electron chi connectivity index (χ0n) is 13.0. The molecule has 0 fully saturated rings. The van der Waals surface area contributed by atoms with Gasteiger partial charge in [-0.05, 0) is 18.6 Å². The summed E-state index contributed by atoms with van der Waals surface area (Å²) in [5, 5.41) is 4.74. The number of anilines is 1. The number of aromatic amines is 1. The lowest BCUT2D eigenvalue weighted by Gasteiger charge is -2.10. The van der Waals surface area contributed by atoms with Crippen molar-refractivity contribution in [2.75, 3.05) is 5.32 Å². The molecule has 3 aromatic rings. The van der Waals surface area contributed by atoms with E-state index in [9.17, 15) is 9.59 Å². The van der Waals surface area contributed by atoms with Gasteiger partial charge in [-0.3, -0.25) is 9.59 Å². The summed E-state index contributed by atoms with van der Waals surface area (Å²) in [6.07, 6.45) is 2.18. The van der Waals surface area contributed by atoms with Gasteiger partial charge in [0.25, 0.3) is 5.91 Å². The van der Waals surface area contributed by atoms with Crippen molar-refractivity contribution in [3.8, 4) is 0 Å². The highest BCUT2D eigenvalue weighted by molar-refractivity contribution is 6.18. The van der Waals surface area contributed by atoms with Gasteiger partial charge in [0.1, 0.15) is 0 Å². The van der Waals surface area contributed by atoms with E-state index in [1.165, 1.54) is 0 Å². The van der Waals surface area contributed by atoms with Gasteiger partial charge in [0.2, 0.25) is 5.91 Å². The number of hydrogen-bond acceptors (Lipinski definition) is 2. The van der Waals surface area contributed by atoms with Gasteiger partial charge in [0.15, 0.2) is 0 Å². The number of para-hydroxylation sites is 1. The first kappa shape index (κ1) is 15.1. The van der Waals surface area contributed by atoms with Crippen LogP contribution in [0.1, 0.15) is 36.5 Å². The van der Waals surface area contributed by atoms with Crippen molar-refractivity contribution in [2.24, 2.45) is 5.73 Å². The molecule has 0 saturated carbocycles. The van der Waals surface area contributed by atoms with Crippen molar-refractivity contribution in [1.82, 2.24) is 4.98 Å². The summed E-state index contributed by atoms with van der Waals surface area (Å²) in [6, 6.07) is 11.4. The Morgan fingerprint density at radius 3 is 2.65 bits per heavy atom. The van der Waals surface area contributed by atoms with E-state index < -0.39 is 5.91 Å². The van der Waals surface area contributed by atoms with Crippen molar-refractivity contribution in [1.29, 1.82) is 0 Å². The highest BCUT2D eigenvalue weighted by Gasteiger charge is 2.17. The maximum absolute atomic E-state index is 12.0. The van der Waals surface area contributed by atoms with Crippen LogP contribution in [0.5, 0.6) is 0 Å². The lowest BCUT2D eigenvalue weighted by atomic mass is 10.1. The molecule has 118 valence electrons. The van der Waals surface area contributed by atoms with E-state index in [1.807, 2.05) is 37.3 Å². The summed E-state index contributed by atoms with van der Waals surface area (Å²) in [5.41, 5.74) is 7.94. The number of rotatable bonds is 5. The molecule has 2 amide bonds. The first-order chi connectivity index (χ1) is 11.1. The average Bonchev–Trinajstić information content (AvgIpc) is 2.90. The number of primary amides is 1. The fourth-order valence-corrected chi connectivity index (χ4v) is 2.83. The van der Waals surface area contributed by atoms with Gasteiger partial charge in [-0.15, -0.1) is 0 Å². The molecule has 1 heterocycles. The SMILES string of the molecule is CCCCC(=O)Nc1ccc2c([nH]c3ccccc32)c1C(N)=O. The fourth-order valence-electron chi connectivity index (χ4n) is 2.83. The predicted molar refractivity (Wildman–Crippen MR) is 92.5 cm³/mol. The largest absolute Gasteiger partial charge is 0.365 e. The molecule has 4 N–H and O–H groups in total. The smallest absolute Gasteiger partial charge is 0.252 e. The number of amides is 2. The zero-order chi connectivity index (χ0) is 16.4. The molecule has 0 unspecified atom stereocenters. The number of hydrogen-bond donors (Lipinski definition) is 3. The third-order valence-electron chi connectivity index (χ3n) is 3.96. The maximum Gasteiger partial charge on any atom is 0.252 e. The number of H-pyrrole nitrogens is 1. The quantitative estimate of drug-likeness (QED) is 0.673. The van der Waals surface area contributed by atoms with Crippen molar-refractivity contribution in [3.05, 3.63) is 42.0 Å². The molecule has 2 aromatic carbocycles. The third kappa shape index (κ3) is 2.77. The Kier molecular flexibility index (Phi) is 4.02. The van der Waals surface area contributed by atoms with Crippen LogP contribution in [-0.2, 0) is 4.79 Å². The van der Waals surface area contributed by atoms with Crippen LogP contribution >= 0.6 is 0 Å². The molecule has 3 rings (SSSR count). The van der Waals surface area contributed by atoms with E-state index in [0.29, 0.717) is 23.2 Å². The summed E-state index contributed by atoms with van der Waals surface area (Å²) in [7, 11) is 0. The molecule has 0 saturated heterocycles. The Balaban J connectivity index is 2.12. The van der Waals surface area contributed by atoms with Gasteiger partial charge in [0, 0.05) is 22.7 Å². The van der Waals surface area contributed by atoms with E-state index >= 15 is 0 Å². The van der Waals surface area contributed by atoms with E-state index in [1.54, 1.807) is 6.07 Å². The second-order valence-electron chi connectivity index (χ2n) is 5.60. The van der Waals surface area contributed by atoms with Gasteiger partial charge >= 0.3 is 0 Å². The van der Waals surface area contributed by atoms with Crippen molar-refractivity contribution < 1.29 is 9.59 Å². The Morgan fingerprint density at radius 1 is 1.13 bits per heavy atom. The van der Waals surface area contributed by atoms with Gasteiger partial charge in [-0.1, -0.05) is 37.6 Å². The molecule has 5 heteroatoms. The number of carbonyl (C=O) groups excluding carboxylic acids is 2. The average molecular weight is 309 g/mol. The molecule has 0 atom stereocenters. The first-order valence-electron chi connectivity index (χ1n) is 7.75. The topological polar surface area (TPSA) is 88.0 Å². The Labute approximate surface area is 133 Å². The number of unbranched alkanes of at least 4 members (excludes halogenated alkanes) is 1. The summed E-state index contributed by atoms with van der Waals surface area (Å²) >= 11 is 0. The molecule has 1 aromatic heterocycles. The summed E-state index contributed by atoms with van der Waals surface area (Å²) in [6.45, 7) is 2.03. The predicted octanol–water partition coefficient (Wildman–Crippen LogP) is 3.55. The minimum Gasteiger partial charge on any atom is -0.365 e. The lowest BCUT2D eigenvalue weighted by molar-refractivity contribution is -0.116. The molecular formula is C18H19N3O2. The fraction of sp³-hybridized carbons (Fsp3) is 0.222. The van der Waals surface area contributed by atoms with Crippen LogP contribution in [-0.4, -0.2) is 16.8 Å². The number of fused-ring (bicyclic) bond motifs is 3. The maximum atomic E-state index is 12.0. The van der Waals surface area contributed by atoms with Gasteiger partial charge in [0.05, 0.1) is 16.8 Å². The van der Waals surface area contributed by atoms with Gasteiger partial charge < -0.3 is 16.0 Å². The summed E-state index contributed by atoms with van der Waals surface area (Å²) in [5.74, 6) is -0.669. The Hall–Kier alpha value is -2.82. The minimum absolute atomic E-state index is 0.107. The number of nitrogens with two attached hydrogens (primary N) is 1. The van der Waals surface area contributed by atoms with Crippen molar-refractivity contribution >= 4 is 39.3 Å². The lowest BCUT2D eigenvalue weighted by Crippen LogP contribution is -2.18. The van der Waals surface area contributed by atoms with E-state index in [0.717, 1.165) is 29.1 Å². The van der Waals surface area contributed by atoms with Crippen LogP contribution in [0.15, 0.2) is 36.4 Å². The normalized spacial score (nSPS) is 11.0. The number of nitrogens with one attached hydrogen (secondary N) is 2. The minimum atomic E-state index is -0.562. The highest BCUT2D eigenvalue weighted by Crippen LogP contribution is 2.31. The van der Waals surface area contributed by atoms with E-state index in [4.69, 9.17) is 5.73 Å². The summed E-state index contributed by atoms with van der Waals surface area (Å²) < 4.78 is 0. The highest BCUT2D eigenvalue weighted by atomic mass is 16.2. The van der Waals surface area contributed by atoms with Crippen molar-refractivity contribution in [2.45, 2.75) is 26.2 Å². The zero-order valence-corrected chi connectivity index (χ0v) is 13.0. The Morgan fingerprint density at radius 2 is 1.91 bits per heavy atom. The van der Waals surface area contributed by atoms with Gasteiger partial charge in [-0.2, -0.15) is 0 Å².